The van der Waals surface area contributed by atoms with Gasteiger partial charge >= 0.3 is 6.18 Å². The van der Waals surface area contributed by atoms with Crippen LogP contribution < -0.4 is 0 Å². The van der Waals surface area contributed by atoms with E-state index < -0.39 is 11.7 Å². The molecule has 1 aromatic heterocycles. The highest BCUT2D eigenvalue weighted by molar-refractivity contribution is 5.97. The monoisotopic (exact) mass is 242 g/mol. The van der Waals surface area contributed by atoms with E-state index in [1.807, 2.05) is 0 Å². The van der Waals surface area contributed by atoms with Crippen molar-refractivity contribution in [3.8, 4) is 0 Å². The molecule has 0 saturated carbocycles. The molecule has 90 valence electrons. The van der Waals surface area contributed by atoms with Crippen LogP contribution in [0.4, 0.5) is 13.2 Å². The number of aldehydes is 1. The summed E-state index contributed by atoms with van der Waals surface area (Å²) in [5.41, 5.74) is 0.126. The number of hydrogen-bond acceptors (Lipinski definition) is 2. The van der Waals surface area contributed by atoms with Crippen molar-refractivity contribution in [3.05, 3.63) is 29.0 Å². The Morgan fingerprint density at radius 1 is 1.35 bits per heavy atom. The molecule has 0 radical (unpaired) electrons. The lowest BCUT2D eigenvalue weighted by Crippen LogP contribution is -2.05. The second-order valence-corrected chi connectivity index (χ2v) is 3.81. The van der Waals surface area contributed by atoms with Crippen LogP contribution in [0.3, 0.4) is 0 Å². The van der Waals surface area contributed by atoms with Crippen LogP contribution in [0.2, 0.25) is 0 Å². The predicted molar refractivity (Wildman–Crippen MR) is 55.8 cm³/mol. The topological polar surface area (TPSA) is 34.9 Å². The smallest absolute Gasteiger partial charge is 0.296 e. The molecule has 0 aliphatic heterocycles. The number of rotatable bonds is 1. The zero-order valence-electron chi connectivity index (χ0n) is 9.17. The second kappa shape index (κ2) is 3.58. The summed E-state index contributed by atoms with van der Waals surface area (Å²) < 4.78 is 39.1. The molecule has 3 nitrogen and oxygen atoms in total. The van der Waals surface area contributed by atoms with E-state index in [2.05, 4.69) is 5.10 Å². The number of fused-ring (bicyclic) bond motifs is 1. The number of aromatic nitrogens is 2. The summed E-state index contributed by atoms with van der Waals surface area (Å²) >= 11 is 0. The van der Waals surface area contributed by atoms with Crippen LogP contribution in [0.1, 0.15) is 21.6 Å². The van der Waals surface area contributed by atoms with Crippen molar-refractivity contribution < 1.29 is 18.0 Å². The summed E-state index contributed by atoms with van der Waals surface area (Å²) in [5, 5.41) is 4.34. The molecule has 0 bridgehead atoms. The van der Waals surface area contributed by atoms with Crippen LogP contribution in [0.15, 0.2) is 12.1 Å². The van der Waals surface area contributed by atoms with Gasteiger partial charge in [0.1, 0.15) is 5.69 Å². The molecule has 0 fully saturated rings. The lowest BCUT2D eigenvalue weighted by Gasteiger charge is -2.08. The summed E-state index contributed by atoms with van der Waals surface area (Å²) in [6, 6.07) is 2.03. The molecular formula is C11H9F3N2O. The molecule has 17 heavy (non-hydrogen) atoms. The Morgan fingerprint density at radius 3 is 2.53 bits per heavy atom. The molecule has 0 atom stereocenters. The van der Waals surface area contributed by atoms with Gasteiger partial charge in [0.05, 0.1) is 11.1 Å². The Balaban J connectivity index is 2.83. The summed E-state index contributed by atoms with van der Waals surface area (Å²) in [4.78, 5) is 10.8. The van der Waals surface area contributed by atoms with Gasteiger partial charge in [-0.1, -0.05) is 0 Å². The van der Waals surface area contributed by atoms with Crippen molar-refractivity contribution in [3.63, 3.8) is 0 Å². The number of hydrogen-bond donors (Lipinski definition) is 0. The molecule has 1 heterocycles. The first kappa shape index (κ1) is 11.6. The van der Waals surface area contributed by atoms with E-state index >= 15 is 0 Å². The fourth-order valence-electron chi connectivity index (χ4n) is 1.87. The fourth-order valence-corrected chi connectivity index (χ4v) is 1.87. The minimum Gasteiger partial charge on any atom is -0.296 e. The molecule has 2 rings (SSSR count). The van der Waals surface area contributed by atoms with Gasteiger partial charge in [-0.25, -0.2) is 0 Å². The number of halogens is 3. The lowest BCUT2D eigenvalue weighted by atomic mass is 10.0. The van der Waals surface area contributed by atoms with E-state index in [0.29, 0.717) is 22.8 Å². The minimum atomic E-state index is -4.40. The van der Waals surface area contributed by atoms with Gasteiger partial charge in [0.2, 0.25) is 0 Å². The maximum absolute atomic E-state index is 12.6. The van der Waals surface area contributed by atoms with Gasteiger partial charge in [-0.3, -0.25) is 9.48 Å². The number of nitrogens with zero attached hydrogens (tertiary/aromatic N) is 2. The van der Waals surface area contributed by atoms with Crippen LogP contribution in [0.25, 0.3) is 10.9 Å². The van der Waals surface area contributed by atoms with Crippen molar-refractivity contribution in [2.45, 2.75) is 13.1 Å². The summed E-state index contributed by atoms with van der Waals surface area (Å²) in [7, 11) is 1.51. The highest BCUT2D eigenvalue weighted by Gasteiger charge is 2.31. The molecule has 0 saturated heterocycles. The van der Waals surface area contributed by atoms with Gasteiger partial charge in [0, 0.05) is 12.4 Å². The van der Waals surface area contributed by atoms with Crippen LogP contribution in [0.5, 0.6) is 0 Å². The molecular weight excluding hydrogens is 233 g/mol. The average molecular weight is 242 g/mol. The van der Waals surface area contributed by atoms with Gasteiger partial charge in [0.25, 0.3) is 0 Å². The van der Waals surface area contributed by atoms with E-state index in [-0.39, 0.29) is 5.69 Å². The van der Waals surface area contributed by atoms with Crippen LogP contribution in [-0.4, -0.2) is 16.1 Å². The van der Waals surface area contributed by atoms with E-state index in [1.54, 1.807) is 0 Å². The van der Waals surface area contributed by atoms with Crippen molar-refractivity contribution in [2.24, 2.45) is 7.05 Å². The van der Waals surface area contributed by atoms with Crippen molar-refractivity contribution in [2.75, 3.05) is 0 Å². The number of carbonyl (C=O) groups is 1. The fraction of sp³-hybridized carbons (Fsp3) is 0.273. The van der Waals surface area contributed by atoms with Crippen molar-refractivity contribution in [1.29, 1.82) is 0 Å². The van der Waals surface area contributed by atoms with Gasteiger partial charge in [-0.2, -0.15) is 18.3 Å². The molecule has 6 heteroatoms. The number of aryl methyl sites for hydroxylation is 2. The van der Waals surface area contributed by atoms with Crippen LogP contribution in [-0.2, 0) is 13.2 Å². The third kappa shape index (κ3) is 1.79. The Bertz CT molecular complexity index is 599. The van der Waals surface area contributed by atoms with E-state index in [0.717, 1.165) is 12.1 Å². The largest absolute Gasteiger partial charge is 0.416 e. The van der Waals surface area contributed by atoms with E-state index in [4.69, 9.17) is 0 Å². The van der Waals surface area contributed by atoms with Gasteiger partial charge < -0.3 is 0 Å². The molecule has 0 unspecified atom stereocenters. The Kier molecular flexibility index (Phi) is 2.45. The lowest BCUT2D eigenvalue weighted by molar-refractivity contribution is -0.137. The maximum Gasteiger partial charge on any atom is 0.416 e. The Labute approximate surface area is 94.8 Å². The Hall–Kier alpha value is -1.85. The Morgan fingerprint density at radius 2 is 2.00 bits per heavy atom. The van der Waals surface area contributed by atoms with Crippen LogP contribution >= 0.6 is 0 Å². The highest BCUT2D eigenvalue weighted by atomic mass is 19.4. The predicted octanol–water partition coefficient (Wildman–Crippen LogP) is 2.71. The van der Waals surface area contributed by atoms with Gasteiger partial charge in [-0.05, 0) is 24.6 Å². The quantitative estimate of drug-likeness (QED) is 0.720. The molecule has 0 aliphatic rings. The van der Waals surface area contributed by atoms with Crippen molar-refractivity contribution >= 4 is 17.2 Å². The minimum absolute atomic E-state index is 0.161. The summed E-state index contributed by atoms with van der Waals surface area (Å²) in [6.45, 7) is 1.53. The molecule has 0 N–H and O–H groups in total. The zero-order chi connectivity index (χ0) is 12.8. The SMILES string of the molecule is Cc1cc(C(F)(F)F)cc2c1c(C=O)nn2C. The molecule has 1 aromatic carbocycles. The molecule has 0 amide bonds. The first-order valence-electron chi connectivity index (χ1n) is 4.84. The number of alkyl halides is 3. The number of carbonyl (C=O) groups excluding carboxylic acids is 1. The van der Waals surface area contributed by atoms with E-state index in [9.17, 15) is 18.0 Å². The maximum atomic E-state index is 12.6. The third-order valence-corrected chi connectivity index (χ3v) is 2.62. The standard InChI is InChI=1S/C11H9F3N2O/c1-6-3-7(11(12,13)14)4-9-10(6)8(5-17)15-16(9)2/h3-5H,1-2H3. The second-order valence-electron chi connectivity index (χ2n) is 3.81. The highest BCUT2D eigenvalue weighted by Crippen LogP contribution is 2.33. The summed E-state index contributed by atoms with van der Waals surface area (Å²) in [5.74, 6) is 0. The third-order valence-electron chi connectivity index (χ3n) is 2.62. The van der Waals surface area contributed by atoms with Gasteiger partial charge in [0.15, 0.2) is 6.29 Å². The van der Waals surface area contributed by atoms with Gasteiger partial charge in [-0.15, -0.1) is 0 Å². The zero-order valence-corrected chi connectivity index (χ0v) is 9.17. The normalized spacial score (nSPS) is 12.1. The first-order chi connectivity index (χ1) is 7.84. The molecule has 2 aromatic rings. The number of benzene rings is 1. The molecule has 0 aliphatic carbocycles. The average Bonchev–Trinajstić information content (AvgIpc) is 2.55. The van der Waals surface area contributed by atoms with E-state index in [1.165, 1.54) is 18.7 Å². The molecule has 0 spiro atoms. The summed E-state index contributed by atoms with van der Waals surface area (Å²) in [6.07, 6.45) is -3.85. The van der Waals surface area contributed by atoms with Crippen molar-refractivity contribution in [1.82, 2.24) is 9.78 Å². The first-order valence-corrected chi connectivity index (χ1v) is 4.84. The van der Waals surface area contributed by atoms with Crippen LogP contribution in [0, 0.1) is 6.92 Å².